The molecule has 1 rings (SSSR count). The summed E-state index contributed by atoms with van der Waals surface area (Å²) in [6.45, 7) is 0. The minimum absolute atomic E-state index is 0.0998. The molecule has 0 aliphatic rings. The molecule has 0 fully saturated rings. The molecule has 10 heavy (non-hydrogen) atoms. The molecule has 1 aromatic rings. The Hall–Kier alpha value is -0.880. The zero-order valence-electron chi connectivity index (χ0n) is 5.37. The van der Waals surface area contributed by atoms with E-state index in [9.17, 15) is 4.79 Å². The summed E-state index contributed by atoms with van der Waals surface area (Å²) in [4.78, 5) is 10.4. The lowest BCUT2D eigenvalue weighted by Gasteiger charge is -1.93. The van der Waals surface area contributed by atoms with Crippen LogP contribution in [0.3, 0.4) is 0 Å². The van der Waals surface area contributed by atoms with Crippen LogP contribution in [0.25, 0.3) is 0 Å². The SMILES string of the molecule is NC(=O)Pc1ccccc1. The van der Waals surface area contributed by atoms with E-state index < -0.39 is 0 Å². The molecule has 0 heterocycles. The predicted molar refractivity (Wildman–Crippen MR) is 44.0 cm³/mol. The highest BCUT2D eigenvalue weighted by Gasteiger charge is 1.94. The van der Waals surface area contributed by atoms with Gasteiger partial charge in [0.2, 0.25) is 5.65 Å². The third-order valence-corrected chi connectivity index (χ3v) is 1.91. The van der Waals surface area contributed by atoms with E-state index in [0.717, 1.165) is 5.30 Å². The van der Waals surface area contributed by atoms with E-state index in [-0.39, 0.29) is 14.2 Å². The molecule has 0 radical (unpaired) electrons. The highest BCUT2D eigenvalue weighted by atomic mass is 31.1. The molecule has 0 bridgehead atoms. The molecule has 0 aromatic heterocycles. The maximum atomic E-state index is 10.4. The van der Waals surface area contributed by atoms with Crippen molar-refractivity contribution < 1.29 is 4.79 Å². The first-order valence-corrected chi connectivity index (χ1v) is 3.90. The summed E-state index contributed by atoms with van der Waals surface area (Å²) in [7, 11) is 0.0998. The molecular formula is C7H8NOP. The Bertz CT molecular complexity index is 222. The first-order valence-electron chi connectivity index (χ1n) is 2.90. The van der Waals surface area contributed by atoms with Crippen LogP contribution in [-0.2, 0) is 0 Å². The fourth-order valence-electron chi connectivity index (χ4n) is 0.664. The van der Waals surface area contributed by atoms with Crippen LogP contribution in [-0.4, -0.2) is 5.65 Å². The second kappa shape index (κ2) is 3.33. The predicted octanol–water partition coefficient (Wildman–Crippen LogP) is 1.07. The zero-order chi connectivity index (χ0) is 7.40. The molecule has 0 aliphatic heterocycles. The van der Waals surface area contributed by atoms with Crippen LogP contribution in [0.2, 0.25) is 0 Å². The van der Waals surface area contributed by atoms with Crippen LogP contribution in [0.1, 0.15) is 0 Å². The third-order valence-electron chi connectivity index (χ3n) is 1.04. The number of rotatable bonds is 2. The smallest absolute Gasteiger partial charge is 0.239 e. The van der Waals surface area contributed by atoms with Gasteiger partial charge in [-0.1, -0.05) is 30.3 Å². The second-order valence-electron chi connectivity index (χ2n) is 1.86. The number of primary amides is 1. The Labute approximate surface area is 61.2 Å². The molecule has 1 unspecified atom stereocenters. The van der Waals surface area contributed by atoms with E-state index in [0.29, 0.717) is 0 Å². The van der Waals surface area contributed by atoms with Crippen molar-refractivity contribution in [1.29, 1.82) is 0 Å². The molecule has 2 nitrogen and oxygen atoms in total. The molecule has 0 aliphatic carbocycles. The Morgan fingerprint density at radius 2 is 1.90 bits per heavy atom. The van der Waals surface area contributed by atoms with Crippen molar-refractivity contribution in [2.45, 2.75) is 0 Å². The maximum Gasteiger partial charge on any atom is 0.239 e. The van der Waals surface area contributed by atoms with Gasteiger partial charge in [-0.2, -0.15) is 0 Å². The van der Waals surface area contributed by atoms with Gasteiger partial charge in [0.1, 0.15) is 0 Å². The van der Waals surface area contributed by atoms with Gasteiger partial charge in [0.25, 0.3) is 0 Å². The number of carbonyl (C=O) groups excluding carboxylic acids is 1. The van der Waals surface area contributed by atoms with Crippen LogP contribution in [0.5, 0.6) is 0 Å². The van der Waals surface area contributed by atoms with E-state index in [1.165, 1.54) is 0 Å². The number of benzene rings is 1. The Balaban J connectivity index is 2.67. The highest BCUT2D eigenvalue weighted by molar-refractivity contribution is 7.65. The maximum absolute atomic E-state index is 10.4. The monoisotopic (exact) mass is 153 g/mol. The minimum atomic E-state index is -0.258. The largest absolute Gasteiger partial charge is 0.366 e. The fourth-order valence-corrected chi connectivity index (χ4v) is 1.31. The molecule has 0 saturated carbocycles. The van der Waals surface area contributed by atoms with Gasteiger partial charge in [-0.25, -0.2) is 0 Å². The van der Waals surface area contributed by atoms with Gasteiger partial charge >= 0.3 is 0 Å². The lowest BCUT2D eigenvalue weighted by Crippen LogP contribution is -2.06. The first-order chi connectivity index (χ1) is 4.79. The van der Waals surface area contributed by atoms with Crippen LogP contribution < -0.4 is 11.0 Å². The van der Waals surface area contributed by atoms with Gasteiger partial charge in [0.05, 0.1) is 0 Å². The molecule has 0 saturated heterocycles. The Kier molecular flexibility index (Phi) is 2.41. The van der Waals surface area contributed by atoms with Crippen LogP contribution in [0.15, 0.2) is 30.3 Å². The van der Waals surface area contributed by atoms with E-state index >= 15 is 0 Å². The van der Waals surface area contributed by atoms with Gasteiger partial charge in [0, 0.05) is 8.58 Å². The summed E-state index contributed by atoms with van der Waals surface area (Å²) < 4.78 is 0. The lowest BCUT2D eigenvalue weighted by molar-refractivity contribution is 0.267. The van der Waals surface area contributed by atoms with E-state index in [2.05, 4.69) is 0 Å². The molecule has 1 atom stereocenters. The fraction of sp³-hybridized carbons (Fsp3) is 0. The summed E-state index contributed by atoms with van der Waals surface area (Å²) >= 11 is 0. The quantitative estimate of drug-likeness (QED) is 0.634. The van der Waals surface area contributed by atoms with Crippen molar-refractivity contribution in [3.8, 4) is 0 Å². The zero-order valence-corrected chi connectivity index (χ0v) is 6.37. The molecule has 3 heteroatoms. The van der Waals surface area contributed by atoms with Crippen molar-refractivity contribution in [3.63, 3.8) is 0 Å². The number of nitrogens with two attached hydrogens (primary N) is 1. The number of amides is 1. The minimum Gasteiger partial charge on any atom is -0.366 e. The highest BCUT2D eigenvalue weighted by Crippen LogP contribution is 2.07. The first kappa shape index (κ1) is 7.23. The van der Waals surface area contributed by atoms with Gasteiger partial charge in [-0.3, -0.25) is 4.79 Å². The van der Waals surface area contributed by atoms with Crippen molar-refractivity contribution in [1.82, 2.24) is 0 Å². The van der Waals surface area contributed by atoms with E-state index in [1.54, 1.807) is 0 Å². The van der Waals surface area contributed by atoms with Gasteiger partial charge in [-0.15, -0.1) is 0 Å². The van der Waals surface area contributed by atoms with Crippen LogP contribution in [0, 0.1) is 0 Å². The topological polar surface area (TPSA) is 43.1 Å². The number of carbonyl (C=O) groups is 1. The summed E-state index contributed by atoms with van der Waals surface area (Å²) in [5, 5.41) is 0.995. The van der Waals surface area contributed by atoms with E-state index in [4.69, 9.17) is 5.73 Å². The van der Waals surface area contributed by atoms with Crippen molar-refractivity contribution in [2.75, 3.05) is 0 Å². The Morgan fingerprint density at radius 3 is 2.40 bits per heavy atom. The average Bonchev–Trinajstić information content (AvgIpc) is 1.88. The summed E-state index contributed by atoms with van der Waals surface area (Å²) in [6.07, 6.45) is 0. The molecule has 2 N–H and O–H groups in total. The van der Waals surface area contributed by atoms with E-state index in [1.807, 2.05) is 30.3 Å². The molecule has 0 spiro atoms. The second-order valence-corrected chi connectivity index (χ2v) is 3.18. The molecule has 1 amide bonds. The standard InChI is InChI=1S/C7H8NOP/c8-7(9)10-6-4-2-1-3-5-6/h1-5,10H,(H2,8,9). The summed E-state index contributed by atoms with van der Waals surface area (Å²) in [5.41, 5.74) is 4.74. The van der Waals surface area contributed by atoms with Gasteiger partial charge in [-0.05, 0) is 5.30 Å². The average molecular weight is 153 g/mol. The van der Waals surface area contributed by atoms with Crippen molar-refractivity contribution in [2.24, 2.45) is 5.73 Å². The number of hydrogen-bond acceptors (Lipinski definition) is 1. The number of hydrogen-bond donors (Lipinski definition) is 1. The van der Waals surface area contributed by atoms with Gasteiger partial charge in [0.15, 0.2) is 0 Å². The van der Waals surface area contributed by atoms with Crippen LogP contribution >= 0.6 is 8.58 Å². The summed E-state index contributed by atoms with van der Waals surface area (Å²) in [6, 6.07) is 9.48. The third kappa shape index (κ3) is 2.16. The molecular weight excluding hydrogens is 145 g/mol. The lowest BCUT2D eigenvalue weighted by atomic mass is 10.4. The normalized spacial score (nSPS) is 10.4. The van der Waals surface area contributed by atoms with Gasteiger partial charge < -0.3 is 5.73 Å². The molecule has 1 aromatic carbocycles. The molecule has 52 valence electrons. The van der Waals surface area contributed by atoms with Crippen LogP contribution in [0.4, 0.5) is 4.79 Å². The summed E-state index contributed by atoms with van der Waals surface area (Å²) in [5.74, 6) is 0. The Morgan fingerprint density at radius 1 is 1.30 bits per heavy atom. The van der Waals surface area contributed by atoms with Crippen molar-refractivity contribution >= 4 is 19.5 Å². The van der Waals surface area contributed by atoms with Crippen molar-refractivity contribution in [3.05, 3.63) is 30.3 Å².